The zero-order chi connectivity index (χ0) is 23.2. The van der Waals surface area contributed by atoms with Gasteiger partial charge in [-0.1, -0.05) is 19.9 Å². The van der Waals surface area contributed by atoms with Crippen molar-refractivity contribution < 1.29 is 14.5 Å². The Kier molecular flexibility index (Phi) is 5.13. The molecule has 162 valence electrons. The molecular weight excluding hydrogens is 416 g/mol. The van der Waals surface area contributed by atoms with E-state index in [-0.39, 0.29) is 39.3 Å². The minimum absolute atomic E-state index is 0.0191. The summed E-state index contributed by atoms with van der Waals surface area (Å²) >= 11 is 0. The lowest BCUT2D eigenvalue weighted by molar-refractivity contribution is -0.384. The predicted octanol–water partition coefficient (Wildman–Crippen LogP) is 2.06. The first-order valence-corrected chi connectivity index (χ1v) is 10.0. The van der Waals surface area contributed by atoms with E-state index in [4.69, 9.17) is 0 Å². The fourth-order valence-electron chi connectivity index (χ4n) is 3.99. The molecule has 1 aliphatic rings. The monoisotopic (exact) mass is 434 g/mol. The van der Waals surface area contributed by atoms with Crippen LogP contribution in [0.4, 0.5) is 11.4 Å². The summed E-state index contributed by atoms with van der Waals surface area (Å²) in [5.74, 6) is -0.868. The molecule has 10 nitrogen and oxygen atoms in total. The van der Waals surface area contributed by atoms with Gasteiger partial charge in [-0.25, -0.2) is 0 Å². The number of carbonyl (C=O) groups excluding carboxylic acids is 2. The van der Waals surface area contributed by atoms with Gasteiger partial charge < -0.3 is 0 Å². The molecule has 3 aromatic carbocycles. The SMILES string of the molecule is CCC(CC)N1C(=O)c2cccc(NN=c3c(=O)c4ccc([N+](=O)[O-])cc4c3=O)c2C1=O. The molecule has 32 heavy (non-hydrogen) atoms. The van der Waals surface area contributed by atoms with E-state index in [1.54, 1.807) is 6.07 Å². The number of hydrogen-bond donors (Lipinski definition) is 1. The summed E-state index contributed by atoms with van der Waals surface area (Å²) in [6.45, 7) is 3.78. The van der Waals surface area contributed by atoms with Crippen LogP contribution in [0.1, 0.15) is 47.4 Å². The number of carbonyl (C=O) groups is 2. The third-order valence-electron chi connectivity index (χ3n) is 5.68. The normalized spacial score (nSPS) is 14.0. The second-order valence-electron chi connectivity index (χ2n) is 7.40. The molecule has 0 fully saturated rings. The van der Waals surface area contributed by atoms with Crippen molar-refractivity contribution in [2.24, 2.45) is 5.10 Å². The van der Waals surface area contributed by atoms with Gasteiger partial charge in [0.2, 0.25) is 10.9 Å². The Morgan fingerprint density at radius 3 is 2.34 bits per heavy atom. The summed E-state index contributed by atoms with van der Waals surface area (Å²) in [5, 5.41) is 14.3. The number of benzene rings is 2. The maximum Gasteiger partial charge on any atom is 0.270 e. The van der Waals surface area contributed by atoms with Crippen molar-refractivity contribution in [3.05, 3.63) is 83.4 Å². The van der Waals surface area contributed by atoms with Crippen molar-refractivity contribution in [1.82, 2.24) is 4.90 Å². The molecule has 0 saturated carbocycles. The van der Waals surface area contributed by atoms with Crippen molar-refractivity contribution >= 4 is 34.0 Å². The van der Waals surface area contributed by atoms with E-state index in [9.17, 15) is 29.3 Å². The number of imide groups is 1. The zero-order valence-corrected chi connectivity index (χ0v) is 17.2. The van der Waals surface area contributed by atoms with E-state index in [0.717, 1.165) is 12.1 Å². The molecule has 0 aliphatic carbocycles. The number of non-ortho nitro benzene ring substituents is 1. The lowest BCUT2D eigenvalue weighted by Gasteiger charge is -2.23. The molecule has 3 aromatic rings. The van der Waals surface area contributed by atoms with Gasteiger partial charge in [-0.3, -0.25) is 39.6 Å². The third kappa shape index (κ3) is 3.08. The first-order chi connectivity index (χ1) is 15.3. The van der Waals surface area contributed by atoms with Crippen LogP contribution >= 0.6 is 0 Å². The van der Waals surface area contributed by atoms with Crippen LogP contribution in [0.5, 0.6) is 0 Å². The molecule has 0 atom stereocenters. The first-order valence-electron chi connectivity index (χ1n) is 10.0. The van der Waals surface area contributed by atoms with Crippen LogP contribution in [0, 0.1) is 10.1 Å². The summed E-state index contributed by atoms with van der Waals surface area (Å²) in [4.78, 5) is 62.6. The van der Waals surface area contributed by atoms with Gasteiger partial charge in [0.25, 0.3) is 17.5 Å². The van der Waals surface area contributed by atoms with Crippen LogP contribution in [-0.2, 0) is 0 Å². The molecule has 1 N–H and O–H groups in total. The molecule has 1 aliphatic heterocycles. The summed E-state index contributed by atoms with van der Waals surface area (Å²) < 4.78 is 0. The quantitative estimate of drug-likeness (QED) is 0.356. The van der Waals surface area contributed by atoms with E-state index in [0.29, 0.717) is 12.8 Å². The molecule has 2 amide bonds. The Bertz CT molecular complexity index is 1450. The minimum Gasteiger partial charge on any atom is -0.287 e. The number of nitro benzene ring substituents is 1. The van der Waals surface area contributed by atoms with Crippen molar-refractivity contribution in [3.63, 3.8) is 0 Å². The number of rotatable bonds is 6. The van der Waals surface area contributed by atoms with Crippen molar-refractivity contribution in [2.45, 2.75) is 32.7 Å². The average Bonchev–Trinajstić information content (AvgIpc) is 3.18. The van der Waals surface area contributed by atoms with E-state index in [1.807, 2.05) is 13.8 Å². The predicted molar refractivity (Wildman–Crippen MR) is 116 cm³/mol. The highest BCUT2D eigenvalue weighted by Crippen LogP contribution is 2.32. The second-order valence-corrected chi connectivity index (χ2v) is 7.40. The first kappa shape index (κ1) is 21.0. The molecule has 1 heterocycles. The highest BCUT2D eigenvalue weighted by molar-refractivity contribution is 6.23. The molecule has 0 aromatic heterocycles. The lowest BCUT2D eigenvalue weighted by Crippen LogP contribution is -2.39. The summed E-state index contributed by atoms with van der Waals surface area (Å²) in [7, 11) is 0. The van der Waals surface area contributed by atoms with Gasteiger partial charge in [0.1, 0.15) is 0 Å². The topological polar surface area (TPSA) is 139 Å². The highest BCUT2D eigenvalue weighted by Gasteiger charge is 2.40. The van der Waals surface area contributed by atoms with Crippen LogP contribution in [0.2, 0.25) is 0 Å². The molecule has 0 unspecified atom stereocenters. The number of nitrogens with one attached hydrogen (secondary N) is 1. The maximum atomic E-state index is 13.0. The van der Waals surface area contributed by atoms with Gasteiger partial charge in [0, 0.05) is 28.9 Å². The smallest absolute Gasteiger partial charge is 0.270 e. The van der Waals surface area contributed by atoms with E-state index >= 15 is 0 Å². The van der Waals surface area contributed by atoms with Gasteiger partial charge in [-0.2, -0.15) is 5.10 Å². The van der Waals surface area contributed by atoms with E-state index in [2.05, 4.69) is 10.5 Å². The zero-order valence-electron chi connectivity index (χ0n) is 17.2. The van der Waals surface area contributed by atoms with Crippen LogP contribution < -0.4 is 21.6 Å². The fraction of sp³-hybridized carbons (Fsp3) is 0.227. The molecule has 0 spiro atoms. The van der Waals surface area contributed by atoms with Crippen LogP contribution in [0.3, 0.4) is 0 Å². The van der Waals surface area contributed by atoms with Crippen LogP contribution in [0.15, 0.2) is 51.1 Å². The van der Waals surface area contributed by atoms with Gasteiger partial charge >= 0.3 is 0 Å². The summed E-state index contributed by atoms with van der Waals surface area (Å²) in [5.41, 5.74) is 1.36. The number of nitro groups is 1. The summed E-state index contributed by atoms with van der Waals surface area (Å²) in [6.07, 6.45) is 1.22. The van der Waals surface area contributed by atoms with Crippen molar-refractivity contribution in [3.8, 4) is 0 Å². The standard InChI is InChI=1S/C22H18N4O6/c1-3-11(4-2)25-21(29)14-6-5-7-16(17(14)22(25)30)23-24-18-19(27)13-9-8-12(26(31)32)10-15(13)20(18)28/h5-11,23H,3-4H2,1-2H3. The molecule has 4 rings (SSSR count). The molecule has 0 radical (unpaired) electrons. The van der Waals surface area contributed by atoms with Gasteiger partial charge in [-0.15, -0.1) is 0 Å². The number of nitrogens with zero attached hydrogens (tertiary/aromatic N) is 3. The van der Waals surface area contributed by atoms with Crippen LogP contribution in [0.25, 0.3) is 10.8 Å². The highest BCUT2D eigenvalue weighted by atomic mass is 16.6. The molecule has 10 heteroatoms. The Labute approximate surface area is 180 Å². The van der Waals surface area contributed by atoms with Crippen LogP contribution in [-0.4, -0.2) is 27.7 Å². The number of fused-ring (bicyclic) bond motifs is 2. The molecule has 0 bridgehead atoms. The Hall–Kier alpha value is -4.21. The Morgan fingerprint density at radius 2 is 1.69 bits per heavy atom. The lowest BCUT2D eigenvalue weighted by atomic mass is 10.1. The van der Waals surface area contributed by atoms with Crippen molar-refractivity contribution in [1.29, 1.82) is 0 Å². The Balaban J connectivity index is 1.79. The number of anilines is 1. The minimum atomic E-state index is -0.755. The second kappa shape index (κ2) is 7.80. The number of hydrogen-bond acceptors (Lipinski definition) is 8. The van der Waals surface area contributed by atoms with Gasteiger partial charge in [0.05, 0.1) is 21.7 Å². The summed E-state index contributed by atoms with van der Waals surface area (Å²) in [6, 6.07) is 7.77. The van der Waals surface area contributed by atoms with Crippen molar-refractivity contribution in [2.75, 3.05) is 5.43 Å². The molecular formula is C22H18N4O6. The third-order valence-corrected chi connectivity index (χ3v) is 5.68. The van der Waals surface area contributed by atoms with Gasteiger partial charge in [0.15, 0.2) is 5.36 Å². The molecule has 0 saturated heterocycles. The fourth-order valence-corrected chi connectivity index (χ4v) is 3.99. The number of amides is 2. The van der Waals surface area contributed by atoms with Gasteiger partial charge in [-0.05, 0) is 31.0 Å². The van der Waals surface area contributed by atoms with E-state index in [1.165, 1.54) is 23.1 Å². The Morgan fingerprint density at radius 1 is 1.00 bits per heavy atom. The average molecular weight is 434 g/mol. The largest absolute Gasteiger partial charge is 0.287 e. The maximum absolute atomic E-state index is 13.0. The van der Waals surface area contributed by atoms with E-state index < -0.39 is 33.0 Å².